The standard InChI is InChI=1S/C21H23F2N5OS/c1-2-3-9-16-17(13-12-25-28-11-5-4-8-15(13)28)26-20(30-16)19(29)27-18-14(24)7-6-10-21(18,22)23/h3-5,8-9,11-12,14,18H,2,6-7,10,24H2,1H3,(H,27,29)/b9-3+/t14-,18-/m1/s1. The number of nitrogens with two attached hydrogens (primary N) is 1. The lowest BCUT2D eigenvalue weighted by Crippen LogP contribution is -2.59. The average Bonchev–Trinajstić information content (AvgIpc) is 3.33. The lowest BCUT2D eigenvalue weighted by Gasteiger charge is -2.36. The molecule has 30 heavy (non-hydrogen) atoms. The normalized spacial score (nSPS) is 21.3. The number of rotatable bonds is 5. The highest BCUT2D eigenvalue weighted by molar-refractivity contribution is 7.15. The van der Waals surface area contributed by atoms with Crippen LogP contribution in [-0.4, -0.2) is 38.5 Å². The number of fused-ring (bicyclic) bond motifs is 1. The van der Waals surface area contributed by atoms with Crippen molar-refractivity contribution in [1.29, 1.82) is 0 Å². The molecule has 0 unspecified atom stereocenters. The first-order valence-electron chi connectivity index (χ1n) is 9.95. The Balaban J connectivity index is 1.69. The predicted molar refractivity (Wildman–Crippen MR) is 114 cm³/mol. The van der Waals surface area contributed by atoms with Crippen molar-refractivity contribution in [2.45, 2.75) is 50.6 Å². The van der Waals surface area contributed by atoms with E-state index >= 15 is 0 Å². The van der Waals surface area contributed by atoms with Gasteiger partial charge in [0.1, 0.15) is 6.04 Å². The number of thiazole rings is 1. The van der Waals surface area contributed by atoms with E-state index in [0.29, 0.717) is 18.5 Å². The van der Waals surface area contributed by atoms with Crippen LogP contribution < -0.4 is 11.1 Å². The zero-order chi connectivity index (χ0) is 21.3. The van der Waals surface area contributed by atoms with Crippen LogP contribution in [0.25, 0.3) is 22.9 Å². The number of amides is 1. The fourth-order valence-corrected chi connectivity index (χ4v) is 4.61. The molecule has 3 heterocycles. The molecule has 0 aliphatic heterocycles. The molecule has 0 radical (unpaired) electrons. The molecule has 1 saturated carbocycles. The SMILES string of the molecule is CC/C=C/c1sc(C(=O)N[C@@H]2[C@H](N)CCCC2(F)F)nc1-c1cnn2ccccc12. The maximum atomic E-state index is 14.3. The Hall–Kier alpha value is -2.65. The van der Waals surface area contributed by atoms with Crippen molar-refractivity contribution >= 4 is 28.8 Å². The molecule has 158 valence electrons. The second-order valence-corrected chi connectivity index (χ2v) is 8.43. The van der Waals surface area contributed by atoms with Crippen molar-refractivity contribution < 1.29 is 13.6 Å². The van der Waals surface area contributed by atoms with Crippen LogP contribution in [0.1, 0.15) is 47.3 Å². The zero-order valence-electron chi connectivity index (χ0n) is 16.5. The van der Waals surface area contributed by atoms with Crippen molar-refractivity contribution in [3.8, 4) is 11.3 Å². The third-order valence-electron chi connectivity index (χ3n) is 5.25. The van der Waals surface area contributed by atoms with Crippen LogP contribution in [0, 0.1) is 0 Å². The number of halogens is 2. The zero-order valence-corrected chi connectivity index (χ0v) is 17.3. The molecular weight excluding hydrogens is 408 g/mol. The summed E-state index contributed by atoms with van der Waals surface area (Å²) in [5, 5.41) is 6.91. The van der Waals surface area contributed by atoms with Gasteiger partial charge in [0.05, 0.1) is 22.3 Å². The second-order valence-electron chi connectivity index (χ2n) is 7.40. The smallest absolute Gasteiger partial charge is 0.280 e. The molecule has 0 bridgehead atoms. The molecule has 1 fully saturated rings. The quantitative estimate of drug-likeness (QED) is 0.636. The molecule has 9 heteroatoms. The number of aromatic nitrogens is 3. The molecule has 0 aromatic carbocycles. The monoisotopic (exact) mass is 431 g/mol. The van der Waals surface area contributed by atoms with Crippen LogP contribution in [0.3, 0.4) is 0 Å². The van der Waals surface area contributed by atoms with Gasteiger partial charge in [-0.05, 0) is 37.5 Å². The third kappa shape index (κ3) is 3.87. The van der Waals surface area contributed by atoms with Gasteiger partial charge in [-0.2, -0.15) is 5.10 Å². The Morgan fingerprint density at radius 2 is 2.30 bits per heavy atom. The summed E-state index contributed by atoms with van der Waals surface area (Å²) in [5.41, 5.74) is 8.12. The number of allylic oxidation sites excluding steroid dienone is 1. The van der Waals surface area contributed by atoms with Crippen molar-refractivity contribution in [2.75, 3.05) is 0 Å². The Morgan fingerprint density at radius 3 is 3.07 bits per heavy atom. The Bertz CT molecular complexity index is 1090. The molecule has 2 atom stereocenters. The molecule has 4 rings (SSSR count). The van der Waals surface area contributed by atoms with Crippen LogP contribution >= 0.6 is 11.3 Å². The third-order valence-corrected chi connectivity index (χ3v) is 6.27. The Kier molecular flexibility index (Phi) is 5.66. The van der Waals surface area contributed by atoms with Crippen molar-refractivity contribution in [1.82, 2.24) is 19.9 Å². The summed E-state index contributed by atoms with van der Waals surface area (Å²) in [7, 11) is 0. The van der Waals surface area contributed by atoms with Gasteiger partial charge in [0.15, 0.2) is 5.01 Å². The second kappa shape index (κ2) is 8.23. The number of pyridine rings is 1. The van der Waals surface area contributed by atoms with Gasteiger partial charge in [-0.25, -0.2) is 18.3 Å². The van der Waals surface area contributed by atoms with E-state index in [1.165, 1.54) is 11.3 Å². The van der Waals surface area contributed by atoms with E-state index in [0.717, 1.165) is 22.4 Å². The summed E-state index contributed by atoms with van der Waals surface area (Å²) in [6.07, 6.45) is 8.73. The van der Waals surface area contributed by atoms with E-state index in [9.17, 15) is 13.6 Å². The van der Waals surface area contributed by atoms with Crippen LogP contribution in [0.15, 0.2) is 36.7 Å². The molecule has 0 spiro atoms. The summed E-state index contributed by atoms with van der Waals surface area (Å²) >= 11 is 1.17. The first-order valence-corrected chi connectivity index (χ1v) is 10.8. The molecular formula is C21H23F2N5OS. The molecule has 3 aromatic rings. The largest absolute Gasteiger partial charge is 0.340 e. The average molecular weight is 432 g/mol. The van der Waals surface area contributed by atoms with E-state index in [1.54, 1.807) is 10.7 Å². The minimum atomic E-state index is -3.03. The van der Waals surface area contributed by atoms with Crippen LogP contribution in [-0.2, 0) is 0 Å². The van der Waals surface area contributed by atoms with E-state index in [4.69, 9.17) is 5.73 Å². The molecule has 1 aliphatic rings. The van der Waals surface area contributed by atoms with E-state index in [1.807, 2.05) is 43.5 Å². The number of nitrogens with zero attached hydrogens (tertiary/aromatic N) is 3. The van der Waals surface area contributed by atoms with Gasteiger partial charge in [-0.15, -0.1) is 11.3 Å². The lowest BCUT2D eigenvalue weighted by molar-refractivity contribution is -0.0674. The maximum Gasteiger partial charge on any atom is 0.280 e. The number of hydrogen-bond acceptors (Lipinski definition) is 5. The first kappa shape index (κ1) is 20.6. The van der Waals surface area contributed by atoms with Crippen molar-refractivity contribution in [2.24, 2.45) is 5.73 Å². The number of carbonyl (C=O) groups is 1. The number of nitrogens with one attached hydrogen (secondary N) is 1. The molecule has 3 N–H and O–H groups in total. The van der Waals surface area contributed by atoms with Gasteiger partial charge in [-0.1, -0.05) is 19.1 Å². The highest BCUT2D eigenvalue weighted by atomic mass is 32.1. The molecule has 1 amide bonds. The number of carbonyl (C=O) groups excluding carboxylic acids is 1. The minimum Gasteiger partial charge on any atom is -0.340 e. The van der Waals surface area contributed by atoms with Gasteiger partial charge in [0.25, 0.3) is 11.8 Å². The topological polar surface area (TPSA) is 85.3 Å². The number of hydrogen-bond donors (Lipinski definition) is 2. The molecule has 0 saturated heterocycles. The maximum absolute atomic E-state index is 14.3. The Morgan fingerprint density at radius 1 is 1.47 bits per heavy atom. The summed E-state index contributed by atoms with van der Waals surface area (Å²) in [6, 6.07) is 3.51. The van der Waals surface area contributed by atoms with Crippen molar-refractivity contribution in [3.63, 3.8) is 0 Å². The molecule has 6 nitrogen and oxygen atoms in total. The molecule has 1 aliphatic carbocycles. The van der Waals surface area contributed by atoms with E-state index in [2.05, 4.69) is 15.4 Å². The van der Waals surface area contributed by atoms with Gasteiger partial charge in [0, 0.05) is 24.2 Å². The fourth-order valence-electron chi connectivity index (χ4n) is 3.70. The van der Waals surface area contributed by atoms with Gasteiger partial charge >= 0.3 is 0 Å². The lowest BCUT2D eigenvalue weighted by atomic mass is 9.87. The number of alkyl halides is 2. The van der Waals surface area contributed by atoms with Gasteiger partial charge in [-0.3, -0.25) is 4.79 Å². The van der Waals surface area contributed by atoms with Crippen LogP contribution in [0.4, 0.5) is 8.78 Å². The predicted octanol–water partition coefficient (Wildman–Crippen LogP) is 4.13. The van der Waals surface area contributed by atoms with E-state index < -0.39 is 23.9 Å². The summed E-state index contributed by atoms with van der Waals surface area (Å²) < 4.78 is 30.3. The Labute approximate surface area is 176 Å². The summed E-state index contributed by atoms with van der Waals surface area (Å²) in [4.78, 5) is 18.1. The van der Waals surface area contributed by atoms with Gasteiger partial charge < -0.3 is 11.1 Å². The highest BCUT2D eigenvalue weighted by Gasteiger charge is 2.46. The van der Waals surface area contributed by atoms with Crippen LogP contribution in [0.5, 0.6) is 0 Å². The van der Waals surface area contributed by atoms with Gasteiger partial charge in [0.2, 0.25) is 0 Å². The molecule has 3 aromatic heterocycles. The summed E-state index contributed by atoms with van der Waals surface area (Å²) in [6.45, 7) is 2.01. The minimum absolute atomic E-state index is 0.129. The van der Waals surface area contributed by atoms with Crippen LogP contribution in [0.2, 0.25) is 0 Å². The van der Waals surface area contributed by atoms with Crippen molar-refractivity contribution in [3.05, 3.63) is 46.6 Å². The van der Waals surface area contributed by atoms with E-state index in [-0.39, 0.29) is 11.4 Å². The first-order chi connectivity index (χ1) is 14.4. The fraction of sp³-hybridized carbons (Fsp3) is 0.381. The highest BCUT2D eigenvalue weighted by Crippen LogP contribution is 2.35. The summed E-state index contributed by atoms with van der Waals surface area (Å²) in [5.74, 6) is -3.66.